The molecule has 160 valence electrons. The fourth-order valence-electron chi connectivity index (χ4n) is 2.81. The minimum atomic E-state index is 0.612. The van der Waals surface area contributed by atoms with E-state index >= 15 is 0 Å². The fraction of sp³-hybridized carbons (Fsp3) is 0.545. The minimum absolute atomic E-state index is 0.612. The number of rotatable bonds is 12. The number of hydrogen-bond donors (Lipinski definition) is 2. The smallest absolute Gasteiger partial charge is 0.191 e. The highest BCUT2D eigenvalue weighted by atomic mass is 32.1. The van der Waals surface area contributed by atoms with Gasteiger partial charge in [-0.05, 0) is 44.4 Å². The molecule has 0 unspecified atom stereocenters. The lowest BCUT2D eigenvalue weighted by Gasteiger charge is -2.12. The van der Waals surface area contributed by atoms with Crippen molar-refractivity contribution in [1.82, 2.24) is 15.6 Å². The molecular weight excluding hydrogens is 384 g/mol. The SMILES string of the molecule is CCOCCCNC(=NCc1ccc(OC)cc1)NCCc1nc(CC)c(C)s1. The molecule has 1 aromatic carbocycles. The van der Waals surface area contributed by atoms with Crippen molar-refractivity contribution in [2.45, 2.75) is 46.6 Å². The molecule has 0 saturated carbocycles. The van der Waals surface area contributed by atoms with Gasteiger partial charge in [0.05, 0.1) is 24.4 Å². The van der Waals surface area contributed by atoms with Crippen LogP contribution in [-0.2, 0) is 24.1 Å². The second-order valence-corrected chi connectivity index (χ2v) is 7.92. The maximum atomic E-state index is 5.41. The van der Waals surface area contributed by atoms with Gasteiger partial charge < -0.3 is 20.1 Å². The van der Waals surface area contributed by atoms with Gasteiger partial charge in [0.25, 0.3) is 0 Å². The maximum absolute atomic E-state index is 5.41. The summed E-state index contributed by atoms with van der Waals surface area (Å²) in [6.45, 7) is 10.1. The number of guanidine groups is 1. The Kier molecular flexibility index (Phi) is 10.5. The Bertz CT molecular complexity index is 744. The number of nitrogens with one attached hydrogen (secondary N) is 2. The van der Waals surface area contributed by atoms with E-state index in [1.165, 1.54) is 15.6 Å². The highest BCUT2D eigenvalue weighted by Gasteiger charge is 2.06. The molecule has 0 amide bonds. The Hall–Kier alpha value is -2.12. The molecule has 1 aromatic heterocycles. The molecule has 2 aromatic rings. The van der Waals surface area contributed by atoms with E-state index in [2.05, 4.69) is 24.5 Å². The van der Waals surface area contributed by atoms with E-state index in [1.807, 2.05) is 31.2 Å². The molecule has 0 atom stereocenters. The third-order valence-corrected chi connectivity index (χ3v) is 5.52. The predicted molar refractivity (Wildman–Crippen MR) is 121 cm³/mol. The molecule has 29 heavy (non-hydrogen) atoms. The number of ether oxygens (including phenoxy) is 2. The maximum Gasteiger partial charge on any atom is 0.191 e. The average Bonchev–Trinajstić information content (AvgIpc) is 3.11. The lowest BCUT2D eigenvalue weighted by Crippen LogP contribution is -2.39. The molecular formula is C22H34N4O2S. The van der Waals surface area contributed by atoms with Gasteiger partial charge in [0.2, 0.25) is 0 Å². The lowest BCUT2D eigenvalue weighted by molar-refractivity contribution is 0.145. The summed E-state index contributed by atoms with van der Waals surface area (Å²) in [4.78, 5) is 10.8. The topological polar surface area (TPSA) is 67.8 Å². The molecule has 0 saturated heterocycles. The second kappa shape index (κ2) is 13.2. The zero-order valence-corrected chi connectivity index (χ0v) is 18.9. The van der Waals surface area contributed by atoms with Gasteiger partial charge in [-0.25, -0.2) is 9.98 Å². The Morgan fingerprint density at radius 2 is 1.90 bits per heavy atom. The van der Waals surface area contributed by atoms with Gasteiger partial charge >= 0.3 is 0 Å². The lowest BCUT2D eigenvalue weighted by atomic mass is 10.2. The van der Waals surface area contributed by atoms with Crippen LogP contribution in [0.3, 0.4) is 0 Å². The van der Waals surface area contributed by atoms with E-state index in [0.29, 0.717) is 6.54 Å². The molecule has 2 rings (SSSR count). The second-order valence-electron chi connectivity index (χ2n) is 6.63. The fourth-order valence-corrected chi connectivity index (χ4v) is 3.83. The van der Waals surface area contributed by atoms with Gasteiger partial charge in [0.15, 0.2) is 5.96 Å². The molecule has 0 bridgehead atoms. The highest BCUT2D eigenvalue weighted by molar-refractivity contribution is 7.11. The minimum Gasteiger partial charge on any atom is -0.497 e. The Morgan fingerprint density at radius 1 is 1.14 bits per heavy atom. The summed E-state index contributed by atoms with van der Waals surface area (Å²) in [6, 6.07) is 8.01. The summed E-state index contributed by atoms with van der Waals surface area (Å²) < 4.78 is 10.6. The molecule has 0 spiro atoms. The number of hydrogen-bond acceptors (Lipinski definition) is 5. The standard InChI is InChI=1S/C22H34N4O2S/c1-5-20-17(3)29-21(26-20)12-14-24-22(23-13-7-15-28-6-2)25-16-18-8-10-19(27-4)11-9-18/h8-11H,5-7,12-16H2,1-4H3,(H2,23,24,25). The van der Waals surface area contributed by atoms with E-state index in [9.17, 15) is 0 Å². The number of benzene rings is 1. The van der Waals surface area contributed by atoms with Crippen LogP contribution in [0.25, 0.3) is 0 Å². The van der Waals surface area contributed by atoms with Crippen molar-refractivity contribution < 1.29 is 9.47 Å². The predicted octanol–water partition coefficient (Wildman–Crippen LogP) is 3.73. The summed E-state index contributed by atoms with van der Waals surface area (Å²) in [5.74, 6) is 1.68. The van der Waals surface area contributed by atoms with Gasteiger partial charge in [-0.3, -0.25) is 0 Å². The van der Waals surface area contributed by atoms with Crippen LogP contribution in [-0.4, -0.2) is 44.4 Å². The van der Waals surface area contributed by atoms with Crippen LogP contribution in [0.2, 0.25) is 0 Å². The molecule has 0 radical (unpaired) electrons. The van der Waals surface area contributed by atoms with Crippen molar-refractivity contribution in [2.24, 2.45) is 4.99 Å². The van der Waals surface area contributed by atoms with Crippen molar-refractivity contribution in [1.29, 1.82) is 0 Å². The van der Waals surface area contributed by atoms with Crippen LogP contribution in [0, 0.1) is 6.92 Å². The summed E-state index contributed by atoms with van der Waals surface area (Å²) in [5.41, 5.74) is 2.36. The zero-order chi connectivity index (χ0) is 20.9. The first kappa shape index (κ1) is 23.2. The molecule has 0 aliphatic rings. The number of aromatic nitrogens is 1. The summed E-state index contributed by atoms with van der Waals surface area (Å²) in [5, 5.41) is 8.02. The van der Waals surface area contributed by atoms with Gasteiger partial charge in [-0.2, -0.15) is 0 Å². The van der Waals surface area contributed by atoms with Crippen molar-refractivity contribution in [3.63, 3.8) is 0 Å². The van der Waals surface area contributed by atoms with Crippen molar-refractivity contribution in [3.8, 4) is 5.75 Å². The molecule has 6 nitrogen and oxygen atoms in total. The van der Waals surface area contributed by atoms with Crippen molar-refractivity contribution in [2.75, 3.05) is 33.4 Å². The van der Waals surface area contributed by atoms with Gasteiger partial charge in [0, 0.05) is 37.6 Å². The van der Waals surface area contributed by atoms with E-state index in [-0.39, 0.29) is 0 Å². The van der Waals surface area contributed by atoms with Crippen LogP contribution in [0.1, 0.15) is 41.4 Å². The zero-order valence-electron chi connectivity index (χ0n) is 18.1. The first-order valence-corrected chi connectivity index (χ1v) is 11.2. The molecule has 2 N–H and O–H groups in total. The number of methoxy groups -OCH3 is 1. The largest absolute Gasteiger partial charge is 0.497 e. The van der Waals surface area contributed by atoms with Crippen LogP contribution in [0.15, 0.2) is 29.3 Å². The third kappa shape index (κ3) is 8.41. The Labute approximate surface area is 178 Å². The number of thiazole rings is 1. The van der Waals surface area contributed by atoms with E-state index < -0.39 is 0 Å². The van der Waals surface area contributed by atoms with E-state index in [0.717, 1.165) is 62.8 Å². The van der Waals surface area contributed by atoms with Crippen LogP contribution in [0.4, 0.5) is 0 Å². The molecule has 7 heteroatoms. The first-order chi connectivity index (χ1) is 14.2. The van der Waals surface area contributed by atoms with Gasteiger partial charge in [-0.1, -0.05) is 19.1 Å². The highest BCUT2D eigenvalue weighted by Crippen LogP contribution is 2.18. The summed E-state index contributed by atoms with van der Waals surface area (Å²) in [7, 11) is 1.68. The monoisotopic (exact) mass is 418 g/mol. The number of nitrogens with zero attached hydrogens (tertiary/aromatic N) is 2. The van der Waals surface area contributed by atoms with Crippen LogP contribution in [0.5, 0.6) is 5.75 Å². The first-order valence-electron chi connectivity index (χ1n) is 10.3. The third-order valence-electron chi connectivity index (χ3n) is 4.44. The van der Waals surface area contributed by atoms with E-state index in [1.54, 1.807) is 18.4 Å². The van der Waals surface area contributed by atoms with Gasteiger partial charge in [-0.15, -0.1) is 11.3 Å². The Balaban J connectivity index is 1.89. The molecule has 0 aliphatic heterocycles. The Morgan fingerprint density at radius 3 is 2.55 bits per heavy atom. The van der Waals surface area contributed by atoms with Crippen LogP contribution >= 0.6 is 11.3 Å². The van der Waals surface area contributed by atoms with Gasteiger partial charge in [0.1, 0.15) is 5.75 Å². The summed E-state index contributed by atoms with van der Waals surface area (Å²) >= 11 is 1.79. The quantitative estimate of drug-likeness (QED) is 0.312. The average molecular weight is 419 g/mol. The molecule has 0 fully saturated rings. The number of aliphatic imine (C=N–C) groups is 1. The van der Waals surface area contributed by atoms with Crippen molar-refractivity contribution >= 4 is 17.3 Å². The summed E-state index contributed by atoms with van der Waals surface area (Å²) in [6.07, 6.45) is 2.84. The van der Waals surface area contributed by atoms with Crippen LogP contribution < -0.4 is 15.4 Å². The van der Waals surface area contributed by atoms with E-state index in [4.69, 9.17) is 19.5 Å². The van der Waals surface area contributed by atoms with Crippen molar-refractivity contribution in [3.05, 3.63) is 45.4 Å². The molecule has 0 aliphatic carbocycles. The normalized spacial score (nSPS) is 11.5. The number of aryl methyl sites for hydroxylation is 2. The molecule has 1 heterocycles.